The van der Waals surface area contributed by atoms with Crippen LogP contribution in [0.4, 0.5) is 0 Å². The summed E-state index contributed by atoms with van der Waals surface area (Å²) in [5, 5.41) is 1.04. The minimum absolute atomic E-state index is 0.355. The van der Waals surface area contributed by atoms with Crippen molar-refractivity contribution in [1.29, 1.82) is 0 Å². The summed E-state index contributed by atoms with van der Waals surface area (Å²) in [5.74, 6) is 6.16. The van der Waals surface area contributed by atoms with Crippen molar-refractivity contribution in [2.75, 3.05) is 5.88 Å². The molecule has 2 heterocycles. The van der Waals surface area contributed by atoms with E-state index in [-0.39, 0.29) is 0 Å². The van der Waals surface area contributed by atoms with E-state index in [9.17, 15) is 0 Å². The van der Waals surface area contributed by atoms with E-state index in [0.717, 1.165) is 16.6 Å². The van der Waals surface area contributed by atoms with Crippen molar-refractivity contribution >= 4 is 22.6 Å². The number of hydrogen-bond donors (Lipinski definition) is 1. The topological polar surface area (TPSA) is 28.7 Å². The molecule has 0 saturated carbocycles. The van der Waals surface area contributed by atoms with Gasteiger partial charge in [-0.3, -0.25) is 0 Å². The second kappa shape index (κ2) is 3.51. The summed E-state index contributed by atoms with van der Waals surface area (Å²) < 4.78 is 0. The van der Waals surface area contributed by atoms with Crippen LogP contribution in [-0.4, -0.2) is 15.8 Å². The Bertz CT molecular complexity index is 476. The quantitative estimate of drug-likeness (QED) is 0.501. The maximum Gasteiger partial charge on any atom is 0.138 e. The number of halogens is 1. The summed E-state index contributed by atoms with van der Waals surface area (Å²) >= 11 is 5.48. The maximum atomic E-state index is 5.48. The van der Waals surface area contributed by atoms with Gasteiger partial charge in [-0.15, -0.1) is 11.6 Å². The van der Waals surface area contributed by atoms with Crippen molar-refractivity contribution < 1.29 is 0 Å². The third-order valence-electron chi connectivity index (χ3n) is 1.75. The Hall–Kier alpha value is -1.46. The van der Waals surface area contributed by atoms with Gasteiger partial charge in [-0.25, -0.2) is 4.98 Å². The predicted octanol–water partition coefficient (Wildman–Crippen LogP) is 2.15. The van der Waals surface area contributed by atoms with Crippen LogP contribution in [0.25, 0.3) is 11.0 Å². The number of pyridine rings is 1. The molecule has 0 bridgehead atoms. The van der Waals surface area contributed by atoms with Crippen LogP contribution in [0.5, 0.6) is 0 Å². The number of alkyl halides is 1. The Kier molecular flexibility index (Phi) is 2.20. The first-order chi connectivity index (χ1) is 6.42. The number of nitrogens with zero attached hydrogens (tertiary/aromatic N) is 1. The number of H-pyrrole nitrogens is 1. The van der Waals surface area contributed by atoms with Crippen LogP contribution in [0.3, 0.4) is 0 Å². The Balaban J connectivity index is 2.61. The first-order valence-electron chi connectivity index (χ1n) is 3.89. The lowest BCUT2D eigenvalue weighted by Crippen LogP contribution is -1.80. The lowest BCUT2D eigenvalue weighted by atomic mass is 10.2. The van der Waals surface area contributed by atoms with Crippen LogP contribution in [0.1, 0.15) is 5.56 Å². The molecule has 0 amide bonds. The van der Waals surface area contributed by atoms with Crippen molar-refractivity contribution in [3.63, 3.8) is 0 Å². The molecule has 0 aromatic carbocycles. The molecule has 2 nitrogen and oxygen atoms in total. The molecule has 1 N–H and O–H groups in total. The van der Waals surface area contributed by atoms with Gasteiger partial charge in [-0.1, -0.05) is 11.8 Å². The summed E-state index contributed by atoms with van der Waals surface area (Å²) in [6, 6.07) is 3.84. The predicted molar refractivity (Wildman–Crippen MR) is 53.7 cm³/mol. The molecule has 3 heteroatoms. The van der Waals surface area contributed by atoms with Gasteiger partial charge in [0.15, 0.2) is 0 Å². The van der Waals surface area contributed by atoms with Crippen LogP contribution in [-0.2, 0) is 0 Å². The first kappa shape index (κ1) is 8.15. The van der Waals surface area contributed by atoms with Crippen LogP contribution in [0, 0.1) is 11.8 Å². The minimum Gasteiger partial charge on any atom is -0.346 e. The molecule has 0 aliphatic heterocycles. The number of aromatic amines is 1. The number of aromatic nitrogens is 2. The highest BCUT2D eigenvalue weighted by Crippen LogP contribution is 2.13. The van der Waals surface area contributed by atoms with Crippen molar-refractivity contribution in [3.8, 4) is 11.8 Å². The molecule has 0 atom stereocenters. The minimum atomic E-state index is 0.355. The van der Waals surface area contributed by atoms with E-state index in [1.807, 2.05) is 18.3 Å². The Labute approximate surface area is 80.9 Å². The van der Waals surface area contributed by atoms with Crippen LogP contribution in [0.15, 0.2) is 24.5 Å². The molecule has 0 unspecified atom stereocenters. The average Bonchev–Trinajstić information content (AvgIpc) is 2.62. The molecule has 0 spiro atoms. The van der Waals surface area contributed by atoms with Gasteiger partial charge in [0.25, 0.3) is 0 Å². The third kappa shape index (κ3) is 1.51. The molecule has 64 valence electrons. The zero-order chi connectivity index (χ0) is 9.10. The molecule has 2 rings (SSSR count). The van der Waals surface area contributed by atoms with Gasteiger partial charge in [-0.05, 0) is 12.1 Å². The van der Waals surface area contributed by atoms with Gasteiger partial charge in [-0.2, -0.15) is 0 Å². The zero-order valence-electron chi connectivity index (χ0n) is 6.84. The van der Waals surface area contributed by atoms with E-state index >= 15 is 0 Å². The van der Waals surface area contributed by atoms with E-state index in [0.29, 0.717) is 5.88 Å². The summed E-state index contributed by atoms with van der Waals surface area (Å²) in [6.45, 7) is 0. The van der Waals surface area contributed by atoms with Crippen molar-refractivity contribution in [1.82, 2.24) is 9.97 Å². The number of hydrogen-bond acceptors (Lipinski definition) is 1. The van der Waals surface area contributed by atoms with Gasteiger partial charge in [0.05, 0.1) is 5.88 Å². The van der Waals surface area contributed by atoms with E-state index in [4.69, 9.17) is 11.6 Å². The molecule has 0 radical (unpaired) electrons. The highest BCUT2D eigenvalue weighted by molar-refractivity contribution is 6.19. The van der Waals surface area contributed by atoms with Gasteiger partial charge in [0.2, 0.25) is 0 Å². The highest BCUT2D eigenvalue weighted by Gasteiger charge is 1.98. The van der Waals surface area contributed by atoms with Gasteiger partial charge in [0, 0.05) is 23.3 Å². The number of fused-ring (bicyclic) bond motifs is 1. The van der Waals surface area contributed by atoms with Crippen LogP contribution in [0.2, 0.25) is 0 Å². The van der Waals surface area contributed by atoms with Crippen LogP contribution >= 0.6 is 11.6 Å². The van der Waals surface area contributed by atoms with Crippen molar-refractivity contribution in [2.45, 2.75) is 0 Å². The molecule has 0 aliphatic rings. The number of nitrogens with one attached hydrogen (secondary N) is 1. The molecule has 0 saturated heterocycles. The molecule has 0 aliphatic carbocycles. The van der Waals surface area contributed by atoms with Crippen molar-refractivity contribution in [2.24, 2.45) is 0 Å². The van der Waals surface area contributed by atoms with E-state index in [1.165, 1.54) is 0 Å². The largest absolute Gasteiger partial charge is 0.346 e. The molecule has 2 aromatic heterocycles. The SMILES string of the molecule is ClCC#Cc1ccnc2[nH]ccc12. The molecule has 2 aromatic rings. The molecular weight excluding hydrogens is 184 g/mol. The van der Waals surface area contributed by atoms with E-state index in [1.54, 1.807) is 6.20 Å². The first-order valence-corrected chi connectivity index (χ1v) is 4.42. The molecule has 13 heavy (non-hydrogen) atoms. The standard InChI is InChI=1S/C10H7ClN2/c11-5-1-2-8-3-6-12-10-9(8)4-7-13-10/h3-4,6-7H,5H2,(H,12,13). The zero-order valence-corrected chi connectivity index (χ0v) is 7.60. The van der Waals surface area contributed by atoms with Gasteiger partial charge in [0.1, 0.15) is 5.65 Å². The van der Waals surface area contributed by atoms with E-state index < -0.39 is 0 Å². The lowest BCUT2D eigenvalue weighted by molar-refractivity contribution is 1.32. The Morgan fingerprint density at radius 3 is 3.23 bits per heavy atom. The van der Waals surface area contributed by atoms with Crippen molar-refractivity contribution in [3.05, 3.63) is 30.1 Å². The van der Waals surface area contributed by atoms with Crippen LogP contribution < -0.4 is 0 Å². The second-order valence-electron chi connectivity index (χ2n) is 2.53. The summed E-state index contributed by atoms with van der Waals surface area (Å²) in [4.78, 5) is 7.18. The second-order valence-corrected chi connectivity index (χ2v) is 2.80. The maximum absolute atomic E-state index is 5.48. The van der Waals surface area contributed by atoms with E-state index in [2.05, 4.69) is 21.8 Å². The summed E-state index contributed by atoms with van der Waals surface area (Å²) in [6.07, 6.45) is 3.58. The highest BCUT2D eigenvalue weighted by atomic mass is 35.5. The summed E-state index contributed by atoms with van der Waals surface area (Å²) in [7, 11) is 0. The molecule has 0 fully saturated rings. The fraction of sp³-hybridized carbons (Fsp3) is 0.100. The lowest BCUT2D eigenvalue weighted by Gasteiger charge is -1.91. The number of rotatable bonds is 0. The molecular formula is C10H7ClN2. The smallest absolute Gasteiger partial charge is 0.138 e. The fourth-order valence-electron chi connectivity index (χ4n) is 1.20. The van der Waals surface area contributed by atoms with Gasteiger partial charge < -0.3 is 4.98 Å². The Morgan fingerprint density at radius 1 is 1.46 bits per heavy atom. The monoisotopic (exact) mass is 190 g/mol. The van der Waals surface area contributed by atoms with Gasteiger partial charge >= 0.3 is 0 Å². The average molecular weight is 191 g/mol. The normalized spacial score (nSPS) is 9.62. The third-order valence-corrected chi connectivity index (χ3v) is 1.88. The summed E-state index contributed by atoms with van der Waals surface area (Å²) in [5.41, 5.74) is 1.83. The fourth-order valence-corrected chi connectivity index (χ4v) is 1.27. The Morgan fingerprint density at radius 2 is 2.38 bits per heavy atom.